The van der Waals surface area contributed by atoms with Crippen molar-refractivity contribution in [1.29, 1.82) is 0 Å². The summed E-state index contributed by atoms with van der Waals surface area (Å²) in [6.45, 7) is 14.8. The van der Waals surface area contributed by atoms with Crippen molar-refractivity contribution < 1.29 is 19.1 Å². The Balaban J connectivity index is 0.000000277. The molecule has 2 amide bonds. The number of carbonyl (C=O) groups is 2. The van der Waals surface area contributed by atoms with Crippen LogP contribution in [0, 0.1) is 6.92 Å². The average molecular weight is 400 g/mol. The molecule has 1 aromatic rings. The van der Waals surface area contributed by atoms with Gasteiger partial charge in [0.1, 0.15) is 11.2 Å². The van der Waals surface area contributed by atoms with E-state index in [1.54, 1.807) is 18.1 Å². The molecule has 0 aliphatic carbocycles. The third kappa shape index (κ3) is 9.08. The molecule has 1 aromatic heterocycles. The summed E-state index contributed by atoms with van der Waals surface area (Å²) in [5.41, 5.74) is -0.836. The van der Waals surface area contributed by atoms with Crippen LogP contribution in [0.15, 0.2) is 6.20 Å². The normalized spacial score (nSPS) is 14.3. The number of hydrogen-bond acceptors (Lipinski definition) is 6. The van der Waals surface area contributed by atoms with Crippen LogP contribution < -0.4 is 4.90 Å². The standard InChI is InChI=1S/C10H16N2O2S.C9H17NO2/c1-7-6-11-8(15-7)12(5)9(13)14-10(2,3)4;1-9(2,3)12-8(11)10-6-4-5-7-10/h6H,1-5H3;4-7H2,1-3H3. The third-order valence-corrected chi connectivity index (χ3v) is 4.31. The summed E-state index contributed by atoms with van der Waals surface area (Å²) in [7, 11) is 1.66. The molecule has 1 aliphatic heterocycles. The number of hydrogen-bond donors (Lipinski definition) is 0. The lowest BCUT2D eigenvalue weighted by molar-refractivity contribution is 0.0294. The number of rotatable bonds is 1. The van der Waals surface area contributed by atoms with Crippen molar-refractivity contribution in [3.05, 3.63) is 11.1 Å². The molecule has 0 spiro atoms. The summed E-state index contributed by atoms with van der Waals surface area (Å²) < 4.78 is 10.4. The molecule has 0 atom stereocenters. The van der Waals surface area contributed by atoms with Crippen LogP contribution in [0.2, 0.25) is 0 Å². The van der Waals surface area contributed by atoms with Gasteiger partial charge in [-0.2, -0.15) is 0 Å². The Bertz CT molecular complexity index is 626. The Morgan fingerprint density at radius 1 is 1.07 bits per heavy atom. The first-order chi connectivity index (χ1) is 12.3. The van der Waals surface area contributed by atoms with Crippen LogP contribution in [0.5, 0.6) is 0 Å². The molecule has 0 radical (unpaired) electrons. The predicted octanol–water partition coefficient (Wildman–Crippen LogP) is 4.84. The van der Waals surface area contributed by atoms with Crippen molar-refractivity contribution in [2.24, 2.45) is 0 Å². The maximum Gasteiger partial charge on any atom is 0.416 e. The number of amides is 2. The van der Waals surface area contributed by atoms with Gasteiger partial charge in [-0.05, 0) is 61.3 Å². The Hall–Kier alpha value is -1.83. The van der Waals surface area contributed by atoms with Crippen molar-refractivity contribution in [2.45, 2.75) is 72.5 Å². The minimum atomic E-state index is -0.475. The van der Waals surface area contributed by atoms with E-state index in [1.807, 2.05) is 48.5 Å². The zero-order valence-corrected chi connectivity index (χ0v) is 18.6. The highest BCUT2D eigenvalue weighted by molar-refractivity contribution is 7.15. The number of thiazole rings is 1. The second-order valence-corrected chi connectivity index (χ2v) is 9.68. The summed E-state index contributed by atoms with van der Waals surface area (Å²) in [5.74, 6) is 0. The van der Waals surface area contributed by atoms with Crippen LogP contribution in [-0.2, 0) is 9.47 Å². The van der Waals surface area contributed by atoms with E-state index in [1.165, 1.54) is 16.2 Å². The lowest BCUT2D eigenvalue weighted by atomic mass is 10.2. The minimum absolute atomic E-state index is 0.167. The van der Waals surface area contributed by atoms with E-state index in [0.29, 0.717) is 5.13 Å². The highest BCUT2D eigenvalue weighted by Gasteiger charge is 2.24. The largest absolute Gasteiger partial charge is 0.444 e. The molecule has 1 saturated heterocycles. The number of aromatic nitrogens is 1. The third-order valence-electron chi connectivity index (χ3n) is 3.32. The van der Waals surface area contributed by atoms with Crippen molar-refractivity contribution in [1.82, 2.24) is 9.88 Å². The molecule has 8 heteroatoms. The maximum absolute atomic E-state index is 11.6. The van der Waals surface area contributed by atoms with Crippen molar-refractivity contribution >= 4 is 28.7 Å². The zero-order chi connectivity index (χ0) is 20.8. The molecule has 0 unspecified atom stereocenters. The number of anilines is 1. The number of likely N-dealkylation sites (tertiary alicyclic amines) is 1. The van der Waals surface area contributed by atoms with Crippen LogP contribution >= 0.6 is 11.3 Å². The highest BCUT2D eigenvalue weighted by atomic mass is 32.1. The molecular weight excluding hydrogens is 366 g/mol. The molecule has 27 heavy (non-hydrogen) atoms. The van der Waals surface area contributed by atoms with Gasteiger partial charge in [0.05, 0.1) is 0 Å². The molecule has 0 aromatic carbocycles. The summed E-state index contributed by atoms with van der Waals surface area (Å²) in [4.78, 5) is 31.4. The van der Waals surface area contributed by atoms with Gasteiger partial charge in [0.25, 0.3) is 0 Å². The van der Waals surface area contributed by atoms with Gasteiger partial charge in [-0.1, -0.05) is 0 Å². The van der Waals surface area contributed by atoms with Gasteiger partial charge in [-0.3, -0.25) is 4.90 Å². The van der Waals surface area contributed by atoms with Gasteiger partial charge in [0, 0.05) is 31.2 Å². The second kappa shape index (κ2) is 9.39. The maximum atomic E-state index is 11.6. The Morgan fingerprint density at radius 2 is 1.59 bits per heavy atom. The molecule has 0 N–H and O–H groups in total. The smallest absolute Gasteiger partial charge is 0.416 e. The summed E-state index contributed by atoms with van der Waals surface area (Å²) in [6.07, 6.45) is 3.41. The molecule has 2 heterocycles. The van der Waals surface area contributed by atoms with Crippen LogP contribution in [0.3, 0.4) is 0 Å². The lowest BCUT2D eigenvalue weighted by Gasteiger charge is -2.23. The van der Waals surface area contributed by atoms with Crippen molar-refractivity contribution in [3.63, 3.8) is 0 Å². The molecule has 7 nitrogen and oxygen atoms in total. The number of ether oxygens (including phenoxy) is 2. The summed E-state index contributed by atoms with van der Waals surface area (Å²) in [6, 6.07) is 0. The fourth-order valence-corrected chi connectivity index (χ4v) is 2.84. The molecule has 1 aliphatic rings. The quantitative estimate of drug-likeness (QED) is 0.676. The first-order valence-electron chi connectivity index (χ1n) is 9.15. The second-order valence-electron chi connectivity index (χ2n) is 8.47. The van der Waals surface area contributed by atoms with Crippen LogP contribution in [0.1, 0.15) is 59.3 Å². The molecule has 1 fully saturated rings. The van der Waals surface area contributed by atoms with Gasteiger partial charge in [-0.15, -0.1) is 11.3 Å². The Morgan fingerprint density at radius 3 is 2.00 bits per heavy atom. The van der Waals surface area contributed by atoms with Gasteiger partial charge in [-0.25, -0.2) is 14.6 Å². The van der Waals surface area contributed by atoms with Gasteiger partial charge in [0.2, 0.25) is 0 Å². The molecule has 0 saturated carbocycles. The molecule has 154 valence electrons. The SMILES string of the molecule is CC(C)(C)OC(=O)N1CCCC1.Cc1cnc(N(C)C(=O)OC(C)(C)C)s1. The van der Waals surface area contributed by atoms with E-state index >= 15 is 0 Å². The van der Waals surface area contributed by atoms with Gasteiger partial charge < -0.3 is 14.4 Å². The number of carbonyl (C=O) groups excluding carboxylic acids is 2. The van der Waals surface area contributed by atoms with E-state index in [-0.39, 0.29) is 17.8 Å². The Labute approximate surface area is 166 Å². The lowest BCUT2D eigenvalue weighted by Crippen LogP contribution is -2.34. The highest BCUT2D eigenvalue weighted by Crippen LogP contribution is 2.22. The van der Waals surface area contributed by atoms with E-state index in [2.05, 4.69) is 4.98 Å². The van der Waals surface area contributed by atoms with Crippen LogP contribution in [0.4, 0.5) is 14.7 Å². The summed E-state index contributed by atoms with van der Waals surface area (Å²) in [5, 5.41) is 0.654. The topological polar surface area (TPSA) is 72.0 Å². The summed E-state index contributed by atoms with van der Waals surface area (Å²) >= 11 is 1.46. The molecular formula is C19H33N3O4S. The molecule has 2 rings (SSSR count). The van der Waals surface area contributed by atoms with Gasteiger partial charge >= 0.3 is 12.2 Å². The van der Waals surface area contributed by atoms with Crippen LogP contribution in [-0.4, -0.2) is 53.4 Å². The first-order valence-corrected chi connectivity index (χ1v) is 9.97. The monoisotopic (exact) mass is 399 g/mol. The first kappa shape index (κ1) is 23.2. The number of nitrogens with zero attached hydrogens (tertiary/aromatic N) is 3. The number of aryl methyl sites for hydroxylation is 1. The van der Waals surface area contributed by atoms with E-state index in [4.69, 9.17) is 9.47 Å². The van der Waals surface area contributed by atoms with Crippen molar-refractivity contribution in [3.8, 4) is 0 Å². The molecule has 0 bridgehead atoms. The van der Waals surface area contributed by atoms with E-state index in [9.17, 15) is 9.59 Å². The predicted molar refractivity (Wildman–Crippen MR) is 109 cm³/mol. The Kier molecular flexibility index (Phi) is 8.07. The van der Waals surface area contributed by atoms with E-state index < -0.39 is 5.60 Å². The van der Waals surface area contributed by atoms with Gasteiger partial charge in [0.15, 0.2) is 5.13 Å². The fraction of sp³-hybridized carbons (Fsp3) is 0.737. The fourth-order valence-electron chi connectivity index (χ4n) is 2.13. The van der Waals surface area contributed by atoms with Crippen molar-refractivity contribution in [2.75, 3.05) is 25.0 Å². The van der Waals surface area contributed by atoms with E-state index in [0.717, 1.165) is 30.8 Å². The zero-order valence-electron chi connectivity index (χ0n) is 17.8. The minimum Gasteiger partial charge on any atom is -0.444 e. The van der Waals surface area contributed by atoms with Crippen LogP contribution in [0.25, 0.3) is 0 Å². The average Bonchev–Trinajstić information content (AvgIpc) is 3.14.